The fraction of sp³-hybridized carbons (Fsp3) is 0.211. The first-order chi connectivity index (χ1) is 13.7. The highest BCUT2D eigenvalue weighted by Gasteiger charge is 2.22. The number of ether oxygens (including phenoxy) is 1. The van der Waals surface area contributed by atoms with Gasteiger partial charge < -0.3 is 14.6 Å². The van der Waals surface area contributed by atoms with Crippen LogP contribution in [0.15, 0.2) is 42.5 Å². The molecule has 0 saturated carbocycles. The average molecular weight is 423 g/mol. The molecule has 0 radical (unpaired) electrons. The van der Waals surface area contributed by atoms with E-state index in [1.807, 2.05) is 30.3 Å². The molecule has 0 aliphatic carbocycles. The molecule has 0 aliphatic rings. The summed E-state index contributed by atoms with van der Waals surface area (Å²) in [5.41, 5.74) is 0.694. The molecule has 8 nitrogen and oxygen atoms in total. The molecule has 29 heavy (non-hydrogen) atoms. The average Bonchev–Trinajstić information content (AvgIpc) is 2.67. The fourth-order valence-electron chi connectivity index (χ4n) is 2.31. The zero-order chi connectivity index (χ0) is 21.6. The molecule has 10 heteroatoms. The Morgan fingerprint density at radius 3 is 2.48 bits per heavy atom. The summed E-state index contributed by atoms with van der Waals surface area (Å²) in [6.07, 6.45) is -1.52. The Bertz CT molecular complexity index is 933. The van der Waals surface area contributed by atoms with Crippen molar-refractivity contribution in [2.24, 2.45) is 0 Å². The van der Waals surface area contributed by atoms with Crippen molar-refractivity contribution in [1.29, 1.82) is 0 Å². The maximum Gasteiger partial charge on any atom is 0.384 e. The van der Waals surface area contributed by atoms with Gasteiger partial charge in [0.2, 0.25) is 6.09 Å². The standard InChI is InChI=1S/C19H20ClFN4O4/c1-24(2)18(25(3)19(27)28)23-17(26)22-15-10-16(13(20)9-14(15)21)29-11-12-7-5-4-6-8-12/h4-10H,11H2,1-3H3,(H2,22,26,27,28). The summed E-state index contributed by atoms with van der Waals surface area (Å²) in [6.45, 7) is 0.201. The van der Waals surface area contributed by atoms with Crippen molar-refractivity contribution in [2.45, 2.75) is 6.61 Å². The maximum absolute atomic E-state index is 14.2. The minimum atomic E-state index is -1.52. The number of guanidine groups is 1. The van der Waals surface area contributed by atoms with Gasteiger partial charge in [0.05, 0.1) is 31.9 Å². The van der Waals surface area contributed by atoms with E-state index >= 15 is 0 Å². The van der Waals surface area contributed by atoms with Gasteiger partial charge in [-0.1, -0.05) is 41.9 Å². The molecule has 0 atom stereocenters. The van der Waals surface area contributed by atoms with Crippen molar-refractivity contribution in [3.63, 3.8) is 0 Å². The number of carboxylic acid groups (broad SMARTS) is 1. The zero-order valence-electron chi connectivity index (χ0n) is 16.0. The second kappa shape index (κ2) is 9.74. The topological polar surface area (TPSA) is 96.7 Å². The van der Waals surface area contributed by atoms with Gasteiger partial charge in [-0.15, -0.1) is 0 Å². The minimum Gasteiger partial charge on any atom is -0.517 e. The van der Waals surface area contributed by atoms with Crippen molar-refractivity contribution in [1.82, 2.24) is 10.2 Å². The number of nitrogens with zero attached hydrogens (tertiary/aromatic N) is 2. The fourth-order valence-corrected chi connectivity index (χ4v) is 2.51. The Balaban J connectivity index is 2.14. The molecule has 0 saturated heterocycles. The summed E-state index contributed by atoms with van der Waals surface area (Å²) in [5, 5.41) is 15.7. The number of amides is 3. The van der Waals surface area contributed by atoms with Crippen LogP contribution in [-0.4, -0.2) is 48.7 Å². The third-order valence-corrected chi connectivity index (χ3v) is 4.04. The van der Waals surface area contributed by atoms with Crippen LogP contribution in [0.5, 0.6) is 5.75 Å². The van der Waals surface area contributed by atoms with E-state index in [4.69, 9.17) is 16.3 Å². The summed E-state index contributed by atoms with van der Waals surface area (Å²) < 4.78 is 21.2. The summed E-state index contributed by atoms with van der Waals surface area (Å²) in [6, 6.07) is 10.7. The van der Waals surface area contributed by atoms with Crippen molar-refractivity contribution in [2.75, 3.05) is 26.5 Å². The number of carbonyl (C=O) groups is 2. The predicted molar refractivity (Wildman–Crippen MR) is 105 cm³/mol. The summed E-state index contributed by atoms with van der Waals surface area (Å²) in [7, 11) is 4.24. The largest absolute Gasteiger partial charge is 0.517 e. The number of rotatable bonds is 4. The van der Waals surface area contributed by atoms with Gasteiger partial charge in [0.15, 0.2) is 0 Å². The van der Waals surface area contributed by atoms with Crippen LogP contribution in [0, 0.1) is 5.82 Å². The van der Waals surface area contributed by atoms with Gasteiger partial charge in [-0.25, -0.2) is 14.1 Å². The van der Waals surface area contributed by atoms with Gasteiger partial charge in [-0.2, -0.15) is 5.32 Å². The minimum absolute atomic E-state index is 0.0432. The first-order valence-electron chi connectivity index (χ1n) is 8.41. The van der Waals surface area contributed by atoms with Gasteiger partial charge in [0.25, 0.3) is 0 Å². The molecule has 2 aromatic carbocycles. The molecule has 0 unspecified atom stereocenters. The number of urea groups is 1. The molecule has 0 fully saturated rings. The van der Waals surface area contributed by atoms with Crippen LogP contribution in [-0.2, 0) is 6.61 Å². The van der Waals surface area contributed by atoms with Crippen LogP contribution in [0.25, 0.3) is 0 Å². The number of halogens is 2. The third-order valence-electron chi connectivity index (χ3n) is 3.75. The van der Waals surface area contributed by atoms with Gasteiger partial charge >= 0.3 is 12.0 Å². The lowest BCUT2D eigenvalue weighted by Crippen LogP contribution is -2.53. The van der Waals surface area contributed by atoms with E-state index in [1.54, 1.807) is 0 Å². The number of hydrogen-bond acceptors (Lipinski definition) is 4. The summed E-state index contributed by atoms with van der Waals surface area (Å²) >= 11 is 6.02. The Hall–Kier alpha value is -3.33. The van der Waals surface area contributed by atoms with E-state index in [9.17, 15) is 19.1 Å². The zero-order valence-corrected chi connectivity index (χ0v) is 16.8. The van der Waals surface area contributed by atoms with Crippen molar-refractivity contribution in [3.8, 4) is 5.75 Å². The molecule has 154 valence electrons. The first-order valence-corrected chi connectivity index (χ1v) is 8.79. The Labute approximate surface area is 172 Å². The normalized spacial score (nSPS) is 10.1. The van der Waals surface area contributed by atoms with Crippen molar-refractivity contribution >= 4 is 35.4 Å². The van der Waals surface area contributed by atoms with E-state index < -0.39 is 17.9 Å². The van der Waals surface area contributed by atoms with Crippen LogP contribution in [0.1, 0.15) is 5.56 Å². The molecule has 0 aliphatic heterocycles. The summed E-state index contributed by atoms with van der Waals surface area (Å²) in [5.74, 6) is -0.690. The molecular formula is C19H20ClFN4O4. The molecule has 0 spiro atoms. The van der Waals surface area contributed by atoms with E-state index in [0.29, 0.717) is 4.90 Å². The molecule has 0 bridgehead atoms. The molecule has 3 amide bonds. The second-order valence-corrected chi connectivity index (χ2v) is 6.57. The smallest absolute Gasteiger partial charge is 0.384 e. The highest BCUT2D eigenvalue weighted by molar-refractivity contribution is 6.32. The van der Waals surface area contributed by atoms with Crippen molar-refractivity contribution in [3.05, 3.63) is 58.9 Å². The number of hydrogen-bond donors (Lipinski definition) is 2. The van der Waals surface area contributed by atoms with E-state index in [1.165, 1.54) is 31.8 Å². The van der Waals surface area contributed by atoms with Gasteiger partial charge in [0.1, 0.15) is 18.2 Å². The van der Waals surface area contributed by atoms with Crippen LogP contribution < -0.4 is 20.5 Å². The first kappa shape index (κ1) is 22.0. The lowest BCUT2D eigenvalue weighted by molar-refractivity contribution is -0.471. The van der Waals surface area contributed by atoms with E-state index in [0.717, 1.165) is 11.6 Å². The predicted octanol–water partition coefficient (Wildman–Crippen LogP) is 2.08. The SMILES string of the molecule is CN(C(=O)[O-])C(NC(=O)Nc1cc(OCc2ccccc2)c(Cl)cc1F)=[N+](C)C. The van der Waals surface area contributed by atoms with Gasteiger partial charge in [0, 0.05) is 6.07 Å². The van der Waals surface area contributed by atoms with Crippen molar-refractivity contribution < 1.29 is 28.4 Å². The summed E-state index contributed by atoms with van der Waals surface area (Å²) in [4.78, 5) is 23.9. The highest BCUT2D eigenvalue weighted by atomic mass is 35.5. The Morgan fingerprint density at radius 1 is 1.24 bits per heavy atom. The molecular weight excluding hydrogens is 403 g/mol. The Kier molecular flexibility index (Phi) is 7.38. The lowest BCUT2D eigenvalue weighted by atomic mass is 10.2. The van der Waals surface area contributed by atoms with Crippen LogP contribution in [0.2, 0.25) is 5.02 Å². The number of carbonyl (C=O) groups excluding carboxylic acids is 2. The van der Waals surface area contributed by atoms with Gasteiger partial charge in [-0.05, 0) is 11.6 Å². The number of anilines is 1. The molecule has 0 heterocycles. The molecule has 0 aromatic heterocycles. The van der Waals surface area contributed by atoms with Crippen LogP contribution in [0.3, 0.4) is 0 Å². The number of nitrogens with one attached hydrogen (secondary N) is 2. The van der Waals surface area contributed by atoms with Crippen LogP contribution >= 0.6 is 11.6 Å². The highest BCUT2D eigenvalue weighted by Crippen LogP contribution is 2.31. The second-order valence-electron chi connectivity index (χ2n) is 6.16. The number of benzene rings is 2. The molecule has 2 aromatic rings. The van der Waals surface area contributed by atoms with Crippen LogP contribution in [0.4, 0.5) is 19.7 Å². The quantitative estimate of drug-likeness (QED) is 0.448. The van der Waals surface area contributed by atoms with E-state index in [-0.39, 0.29) is 29.0 Å². The maximum atomic E-state index is 14.2. The molecule has 2 N–H and O–H groups in total. The monoisotopic (exact) mass is 422 g/mol. The van der Waals surface area contributed by atoms with E-state index in [2.05, 4.69) is 10.6 Å². The Morgan fingerprint density at radius 2 is 1.90 bits per heavy atom. The third kappa shape index (κ3) is 6.08. The molecule has 2 rings (SSSR count). The lowest BCUT2D eigenvalue weighted by Gasteiger charge is -2.17. The van der Waals surface area contributed by atoms with Gasteiger partial charge in [-0.3, -0.25) is 9.89 Å².